The molecule has 2 N–H and O–H groups in total. The second-order valence-corrected chi connectivity index (χ2v) is 4.43. The molecule has 0 aliphatic carbocycles. The number of rotatable bonds is 6. The van der Waals surface area contributed by atoms with Crippen molar-refractivity contribution in [3.63, 3.8) is 0 Å². The molecule has 0 aromatic carbocycles. The van der Waals surface area contributed by atoms with Crippen LogP contribution < -0.4 is 10.6 Å². The van der Waals surface area contributed by atoms with Crippen molar-refractivity contribution in [1.29, 1.82) is 5.26 Å². The number of carbonyl (C=O) groups is 1. The molecule has 0 aromatic heterocycles. The summed E-state index contributed by atoms with van der Waals surface area (Å²) in [4.78, 5) is 12.0. The first-order chi connectivity index (χ1) is 7.75. The smallest absolute Gasteiger partial charge is 0.227 e. The minimum atomic E-state index is -0.185. The van der Waals surface area contributed by atoms with Crippen molar-refractivity contribution in [3.05, 3.63) is 0 Å². The summed E-state index contributed by atoms with van der Waals surface area (Å²) in [6, 6.07) is 2.11. The van der Waals surface area contributed by atoms with Gasteiger partial charge in [-0.2, -0.15) is 5.26 Å². The molecule has 4 heteroatoms. The third-order valence-electron chi connectivity index (χ3n) is 3.40. The van der Waals surface area contributed by atoms with Crippen LogP contribution >= 0.6 is 0 Å². The van der Waals surface area contributed by atoms with Gasteiger partial charge in [-0.15, -0.1) is 0 Å². The maximum atomic E-state index is 12.0. The lowest BCUT2D eigenvalue weighted by atomic mass is 9.83. The summed E-state index contributed by atoms with van der Waals surface area (Å²) in [5.41, 5.74) is -0.185. The molecule has 90 valence electrons. The second-order valence-electron chi connectivity index (χ2n) is 4.43. The standard InChI is InChI=1S/C12H21N3O/c1-2-12(6-9-14-10-12)11(16)15-8-5-3-4-7-13/h14H,2-6,8-10H2,1H3,(H,15,16). The van der Waals surface area contributed by atoms with E-state index in [2.05, 4.69) is 23.6 Å². The summed E-state index contributed by atoms with van der Waals surface area (Å²) in [5, 5.41) is 14.6. The molecule has 0 saturated carbocycles. The molecule has 1 rings (SSSR count). The third kappa shape index (κ3) is 3.21. The van der Waals surface area contributed by atoms with Crippen LogP contribution in [0.15, 0.2) is 0 Å². The fourth-order valence-electron chi connectivity index (χ4n) is 2.12. The first-order valence-electron chi connectivity index (χ1n) is 6.11. The van der Waals surface area contributed by atoms with Crippen molar-refractivity contribution in [2.75, 3.05) is 19.6 Å². The highest BCUT2D eigenvalue weighted by Crippen LogP contribution is 2.29. The number of amides is 1. The number of nitrogens with zero attached hydrogens (tertiary/aromatic N) is 1. The highest BCUT2D eigenvalue weighted by atomic mass is 16.2. The normalized spacial score (nSPS) is 24.0. The van der Waals surface area contributed by atoms with E-state index in [4.69, 9.17) is 5.26 Å². The number of nitrogens with one attached hydrogen (secondary N) is 2. The van der Waals surface area contributed by atoms with E-state index < -0.39 is 0 Å². The first kappa shape index (κ1) is 13.0. The van der Waals surface area contributed by atoms with E-state index in [1.807, 2.05) is 0 Å². The van der Waals surface area contributed by atoms with Gasteiger partial charge in [0.1, 0.15) is 0 Å². The molecule has 4 nitrogen and oxygen atoms in total. The minimum absolute atomic E-state index is 0.178. The Morgan fingerprint density at radius 3 is 2.94 bits per heavy atom. The molecule has 1 saturated heterocycles. The number of hydrogen-bond acceptors (Lipinski definition) is 3. The SMILES string of the molecule is CCC1(C(=O)NCCCCC#N)CCNC1. The highest BCUT2D eigenvalue weighted by molar-refractivity contribution is 5.83. The average Bonchev–Trinajstić information content (AvgIpc) is 2.78. The Hall–Kier alpha value is -1.08. The molecule has 1 aliphatic rings. The Morgan fingerprint density at radius 1 is 1.56 bits per heavy atom. The Balaban J connectivity index is 2.26. The van der Waals surface area contributed by atoms with E-state index in [9.17, 15) is 4.79 Å². The Labute approximate surface area is 97.4 Å². The first-order valence-corrected chi connectivity index (χ1v) is 6.11. The monoisotopic (exact) mass is 223 g/mol. The van der Waals surface area contributed by atoms with Crippen LogP contribution in [0.5, 0.6) is 0 Å². The van der Waals surface area contributed by atoms with Gasteiger partial charge in [0.2, 0.25) is 5.91 Å². The molecule has 0 spiro atoms. The molecule has 1 heterocycles. The zero-order chi connectivity index (χ0) is 11.9. The number of hydrogen-bond donors (Lipinski definition) is 2. The van der Waals surface area contributed by atoms with Crippen LogP contribution in [0.1, 0.15) is 39.0 Å². The van der Waals surface area contributed by atoms with Crippen molar-refractivity contribution >= 4 is 5.91 Å². The molecule has 1 unspecified atom stereocenters. The second kappa shape index (κ2) is 6.49. The molecular formula is C12H21N3O. The lowest BCUT2D eigenvalue weighted by molar-refractivity contribution is -0.130. The van der Waals surface area contributed by atoms with E-state index in [0.29, 0.717) is 13.0 Å². The summed E-state index contributed by atoms with van der Waals surface area (Å²) in [6.07, 6.45) is 4.18. The summed E-state index contributed by atoms with van der Waals surface area (Å²) in [6.45, 7) is 4.51. The molecule has 1 aliphatic heterocycles. The van der Waals surface area contributed by atoms with Gasteiger partial charge in [0.25, 0.3) is 0 Å². The van der Waals surface area contributed by atoms with Gasteiger partial charge in [-0.05, 0) is 32.2 Å². The van der Waals surface area contributed by atoms with Gasteiger partial charge < -0.3 is 10.6 Å². The van der Waals surface area contributed by atoms with Crippen LogP contribution in [0, 0.1) is 16.7 Å². The largest absolute Gasteiger partial charge is 0.356 e. The topological polar surface area (TPSA) is 64.9 Å². The van der Waals surface area contributed by atoms with Crippen LogP contribution in [0.4, 0.5) is 0 Å². The Kier molecular flexibility index (Phi) is 5.27. The lowest BCUT2D eigenvalue weighted by Gasteiger charge is -2.25. The van der Waals surface area contributed by atoms with Crippen LogP contribution in [-0.4, -0.2) is 25.5 Å². The van der Waals surface area contributed by atoms with E-state index in [0.717, 1.165) is 38.8 Å². The number of carbonyl (C=O) groups excluding carboxylic acids is 1. The molecule has 1 amide bonds. The molecule has 0 aromatic rings. The fourth-order valence-corrected chi connectivity index (χ4v) is 2.12. The van der Waals surface area contributed by atoms with Gasteiger partial charge in [-0.1, -0.05) is 6.92 Å². The molecule has 1 fully saturated rings. The molecule has 0 bridgehead atoms. The number of nitriles is 1. The summed E-state index contributed by atoms with van der Waals surface area (Å²) >= 11 is 0. The maximum Gasteiger partial charge on any atom is 0.227 e. The number of unbranched alkanes of at least 4 members (excludes halogenated alkanes) is 2. The van der Waals surface area contributed by atoms with Crippen molar-refractivity contribution in [2.45, 2.75) is 39.0 Å². The van der Waals surface area contributed by atoms with Crippen molar-refractivity contribution in [1.82, 2.24) is 10.6 Å². The Morgan fingerprint density at radius 2 is 2.38 bits per heavy atom. The quantitative estimate of drug-likeness (QED) is 0.665. The van der Waals surface area contributed by atoms with Gasteiger partial charge >= 0.3 is 0 Å². The minimum Gasteiger partial charge on any atom is -0.356 e. The van der Waals surface area contributed by atoms with Crippen LogP contribution in [0.25, 0.3) is 0 Å². The highest BCUT2D eigenvalue weighted by Gasteiger charge is 2.38. The molecule has 1 atom stereocenters. The van der Waals surface area contributed by atoms with Crippen molar-refractivity contribution in [2.24, 2.45) is 5.41 Å². The van der Waals surface area contributed by atoms with Gasteiger partial charge in [-0.3, -0.25) is 4.79 Å². The summed E-state index contributed by atoms with van der Waals surface area (Å²) in [5.74, 6) is 0.178. The molecule has 16 heavy (non-hydrogen) atoms. The van der Waals surface area contributed by atoms with E-state index in [1.54, 1.807) is 0 Å². The van der Waals surface area contributed by atoms with E-state index >= 15 is 0 Å². The van der Waals surface area contributed by atoms with E-state index in [-0.39, 0.29) is 11.3 Å². The van der Waals surface area contributed by atoms with E-state index in [1.165, 1.54) is 0 Å². The van der Waals surface area contributed by atoms with Crippen LogP contribution in [0.2, 0.25) is 0 Å². The van der Waals surface area contributed by atoms with Gasteiger partial charge in [-0.25, -0.2) is 0 Å². The fraction of sp³-hybridized carbons (Fsp3) is 0.833. The van der Waals surface area contributed by atoms with Crippen LogP contribution in [0.3, 0.4) is 0 Å². The predicted octanol–water partition coefficient (Wildman–Crippen LogP) is 1.19. The zero-order valence-electron chi connectivity index (χ0n) is 10.0. The lowest BCUT2D eigenvalue weighted by Crippen LogP contribution is -2.42. The van der Waals surface area contributed by atoms with Crippen molar-refractivity contribution < 1.29 is 4.79 Å². The average molecular weight is 223 g/mol. The molecule has 0 radical (unpaired) electrons. The summed E-state index contributed by atoms with van der Waals surface area (Å²) < 4.78 is 0. The van der Waals surface area contributed by atoms with Crippen LogP contribution in [-0.2, 0) is 4.79 Å². The van der Waals surface area contributed by atoms with Gasteiger partial charge in [0.15, 0.2) is 0 Å². The van der Waals surface area contributed by atoms with Crippen molar-refractivity contribution in [3.8, 4) is 6.07 Å². The third-order valence-corrected chi connectivity index (χ3v) is 3.40. The Bertz CT molecular complexity index is 264. The predicted molar refractivity (Wildman–Crippen MR) is 62.7 cm³/mol. The maximum absolute atomic E-state index is 12.0. The molecular weight excluding hydrogens is 202 g/mol. The van der Waals surface area contributed by atoms with Gasteiger partial charge in [0, 0.05) is 19.5 Å². The van der Waals surface area contributed by atoms with Gasteiger partial charge in [0.05, 0.1) is 11.5 Å². The zero-order valence-corrected chi connectivity index (χ0v) is 10.0. The summed E-state index contributed by atoms with van der Waals surface area (Å²) in [7, 11) is 0.